The molecule has 6 heteroatoms. The van der Waals surface area contributed by atoms with Gasteiger partial charge >= 0.3 is 0 Å². The summed E-state index contributed by atoms with van der Waals surface area (Å²) >= 11 is 0. The summed E-state index contributed by atoms with van der Waals surface area (Å²) in [6.45, 7) is 3.10. The van der Waals surface area contributed by atoms with Gasteiger partial charge < -0.3 is 14.1 Å². The summed E-state index contributed by atoms with van der Waals surface area (Å²) in [7, 11) is 3.70. The fourth-order valence-electron chi connectivity index (χ4n) is 3.02. The van der Waals surface area contributed by atoms with Crippen molar-refractivity contribution in [2.45, 2.75) is 13.3 Å². The van der Waals surface area contributed by atoms with Crippen LogP contribution in [0.4, 0.5) is 5.82 Å². The Morgan fingerprint density at radius 1 is 1.24 bits per heavy atom. The first-order valence-electron chi connectivity index (χ1n) is 8.34. The Morgan fingerprint density at radius 2 is 2.12 bits per heavy atom. The molecule has 4 aromatic rings. The number of imidazole rings is 1. The second-order valence-electron chi connectivity index (χ2n) is 6.01. The second kappa shape index (κ2) is 6.12. The van der Waals surface area contributed by atoms with Gasteiger partial charge in [-0.25, -0.2) is 9.50 Å². The SMILES string of the molecule is CCCN(C)c1ccc2ncc(-c3cc4c(OC)cccc4o3)n2n1. The van der Waals surface area contributed by atoms with E-state index in [0.717, 1.165) is 52.6 Å². The van der Waals surface area contributed by atoms with Crippen molar-refractivity contribution < 1.29 is 9.15 Å². The average Bonchev–Trinajstić information content (AvgIpc) is 3.24. The number of aromatic nitrogens is 3. The largest absolute Gasteiger partial charge is 0.496 e. The zero-order valence-electron chi connectivity index (χ0n) is 14.6. The van der Waals surface area contributed by atoms with Crippen molar-refractivity contribution in [3.63, 3.8) is 0 Å². The maximum atomic E-state index is 6.02. The molecule has 0 saturated carbocycles. The van der Waals surface area contributed by atoms with Gasteiger partial charge in [-0.2, -0.15) is 0 Å². The molecule has 3 heterocycles. The van der Waals surface area contributed by atoms with E-state index in [1.165, 1.54) is 0 Å². The fourth-order valence-corrected chi connectivity index (χ4v) is 3.02. The summed E-state index contributed by atoms with van der Waals surface area (Å²) in [5.41, 5.74) is 2.39. The first kappa shape index (κ1) is 15.5. The lowest BCUT2D eigenvalue weighted by Crippen LogP contribution is -2.19. The van der Waals surface area contributed by atoms with Crippen LogP contribution in [0.2, 0.25) is 0 Å². The number of nitrogens with zero attached hydrogens (tertiary/aromatic N) is 4. The number of anilines is 1. The van der Waals surface area contributed by atoms with Gasteiger partial charge in [0.05, 0.1) is 18.7 Å². The van der Waals surface area contributed by atoms with E-state index < -0.39 is 0 Å². The zero-order valence-corrected chi connectivity index (χ0v) is 14.6. The number of rotatable bonds is 5. The molecule has 0 aliphatic heterocycles. The van der Waals surface area contributed by atoms with Crippen LogP contribution in [-0.2, 0) is 0 Å². The van der Waals surface area contributed by atoms with E-state index >= 15 is 0 Å². The van der Waals surface area contributed by atoms with Gasteiger partial charge in [0.1, 0.15) is 22.8 Å². The predicted octanol–water partition coefficient (Wildman–Crippen LogP) is 4.00. The standard InChI is InChI=1S/C19H20N4O2/c1-4-10-22(2)19-9-8-18-20-12-14(23(18)21-19)17-11-13-15(24-3)6-5-7-16(13)25-17/h5-9,11-12H,4,10H2,1-3H3. The Morgan fingerprint density at radius 3 is 2.92 bits per heavy atom. The molecule has 1 aromatic carbocycles. The lowest BCUT2D eigenvalue weighted by Gasteiger charge is -2.16. The van der Waals surface area contributed by atoms with Crippen LogP contribution in [0.1, 0.15) is 13.3 Å². The lowest BCUT2D eigenvalue weighted by molar-refractivity contribution is 0.419. The number of hydrogen-bond acceptors (Lipinski definition) is 5. The smallest absolute Gasteiger partial charge is 0.155 e. The minimum atomic E-state index is 0.717. The highest BCUT2D eigenvalue weighted by Gasteiger charge is 2.15. The van der Waals surface area contributed by atoms with Gasteiger partial charge in [0.15, 0.2) is 11.4 Å². The number of benzene rings is 1. The van der Waals surface area contributed by atoms with Gasteiger partial charge in [-0.3, -0.25) is 0 Å². The van der Waals surface area contributed by atoms with E-state index in [4.69, 9.17) is 14.3 Å². The Balaban J connectivity index is 1.85. The fraction of sp³-hybridized carbons (Fsp3) is 0.263. The third kappa shape index (κ3) is 2.59. The molecule has 0 aliphatic rings. The summed E-state index contributed by atoms with van der Waals surface area (Å²) in [5, 5.41) is 5.67. The van der Waals surface area contributed by atoms with Crippen molar-refractivity contribution in [1.29, 1.82) is 0 Å². The van der Waals surface area contributed by atoms with Gasteiger partial charge in [0.2, 0.25) is 0 Å². The van der Waals surface area contributed by atoms with Gasteiger partial charge in [0.25, 0.3) is 0 Å². The van der Waals surface area contributed by atoms with Crippen molar-refractivity contribution in [3.8, 4) is 17.2 Å². The first-order valence-corrected chi connectivity index (χ1v) is 8.34. The molecule has 0 spiro atoms. The highest BCUT2D eigenvalue weighted by molar-refractivity contribution is 5.88. The Bertz CT molecular complexity index is 1030. The molecular weight excluding hydrogens is 316 g/mol. The summed E-state index contributed by atoms with van der Waals surface area (Å²) in [5.74, 6) is 2.41. The third-order valence-electron chi connectivity index (χ3n) is 4.29. The molecule has 0 saturated heterocycles. The molecular formula is C19H20N4O2. The molecule has 0 bridgehead atoms. The molecule has 0 amide bonds. The molecule has 0 unspecified atom stereocenters. The van der Waals surface area contributed by atoms with Crippen molar-refractivity contribution in [3.05, 3.63) is 42.6 Å². The molecule has 0 aliphatic carbocycles. The third-order valence-corrected chi connectivity index (χ3v) is 4.29. The quantitative estimate of drug-likeness (QED) is 0.551. The van der Waals surface area contributed by atoms with E-state index in [-0.39, 0.29) is 0 Å². The molecule has 0 atom stereocenters. The van der Waals surface area contributed by atoms with E-state index in [9.17, 15) is 0 Å². The van der Waals surface area contributed by atoms with Crippen LogP contribution in [0.15, 0.2) is 47.0 Å². The van der Waals surface area contributed by atoms with E-state index in [1.54, 1.807) is 13.3 Å². The number of furan rings is 1. The van der Waals surface area contributed by atoms with Gasteiger partial charge in [0, 0.05) is 13.6 Å². The first-order chi connectivity index (χ1) is 12.2. The monoisotopic (exact) mass is 336 g/mol. The molecule has 3 aromatic heterocycles. The number of ether oxygens (including phenoxy) is 1. The van der Waals surface area contributed by atoms with Crippen LogP contribution in [0, 0.1) is 0 Å². The Hall–Kier alpha value is -3.02. The van der Waals surface area contributed by atoms with Crippen molar-refractivity contribution in [1.82, 2.24) is 14.6 Å². The number of hydrogen-bond donors (Lipinski definition) is 0. The van der Waals surface area contributed by atoms with Crippen LogP contribution < -0.4 is 9.64 Å². The molecule has 0 N–H and O–H groups in total. The maximum Gasteiger partial charge on any atom is 0.155 e. The second-order valence-corrected chi connectivity index (χ2v) is 6.01. The van der Waals surface area contributed by atoms with E-state index in [0.29, 0.717) is 0 Å². The van der Waals surface area contributed by atoms with E-state index in [2.05, 4.69) is 16.8 Å². The van der Waals surface area contributed by atoms with Gasteiger partial charge in [-0.15, -0.1) is 5.10 Å². The van der Waals surface area contributed by atoms with Crippen LogP contribution in [-0.4, -0.2) is 35.3 Å². The summed E-state index contributed by atoms with van der Waals surface area (Å²) in [6.07, 6.45) is 2.85. The van der Waals surface area contributed by atoms with Crippen LogP contribution in [0.3, 0.4) is 0 Å². The maximum absolute atomic E-state index is 6.02. The highest BCUT2D eigenvalue weighted by Crippen LogP contribution is 2.33. The topological polar surface area (TPSA) is 55.8 Å². The normalized spacial score (nSPS) is 11.3. The lowest BCUT2D eigenvalue weighted by atomic mass is 10.2. The van der Waals surface area contributed by atoms with E-state index in [1.807, 2.05) is 48.0 Å². The Kier molecular flexibility index (Phi) is 3.80. The molecule has 4 rings (SSSR count). The van der Waals surface area contributed by atoms with Crippen molar-refractivity contribution >= 4 is 22.4 Å². The molecule has 25 heavy (non-hydrogen) atoms. The molecule has 6 nitrogen and oxygen atoms in total. The Labute approximate surface area is 145 Å². The van der Waals surface area contributed by atoms with Crippen LogP contribution in [0.5, 0.6) is 5.75 Å². The predicted molar refractivity (Wildman–Crippen MR) is 98.3 cm³/mol. The molecule has 0 fully saturated rings. The van der Waals surface area contributed by atoms with Crippen LogP contribution >= 0.6 is 0 Å². The number of methoxy groups -OCH3 is 1. The summed E-state index contributed by atoms with van der Waals surface area (Å²) in [6, 6.07) is 11.7. The van der Waals surface area contributed by atoms with Gasteiger partial charge in [-0.1, -0.05) is 13.0 Å². The number of fused-ring (bicyclic) bond motifs is 2. The minimum Gasteiger partial charge on any atom is -0.496 e. The highest BCUT2D eigenvalue weighted by atomic mass is 16.5. The average molecular weight is 336 g/mol. The van der Waals surface area contributed by atoms with Crippen molar-refractivity contribution in [2.75, 3.05) is 25.6 Å². The van der Waals surface area contributed by atoms with Gasteiger partial charge in [-0.05, 0) is 36.8 Å². The van der Waals surface area contributed by atoms with Crippen molar-refractivity contribution in [2.24, 2.45) is 0 Å². The summed E-state index contributed by atoms with van der Waals surface area (Å²) in [4.78, 5) is 6.57. The minimum absolute atomic E-state index is 0.717. The molecule has 0 radical (unpaired) electrons. The van der Waals surface area contributed by atoms with Crippen LogP contribution in [0.25, 0.3) is 28.1 Å². The summed E-state index contributed by atoms with van der Waals surface area (Å²) < 4.78 is 13.3. The molecule has 128 valence electrons. The zero-order chi connectivity index (χ0) is 17.4.